The molecular formula is C25H36FN3O6. The first-order valence-corrected chi connectivity index (χ1v) is 11.9. The van der Waals surface area contributed by atoms with Gasteiger partial charge in [0.15, 0.2) is 0 Å². The topological polar surface area (TPSA) is 110 Å². The third-order valence-corrected chi connectivity index (χ3v) is 6.26. The van der Waals surface area contributed by atoms with E-state index in [4.69, 9.17) is 14.2 Å². The van der Waals surface area contributed by atoms with Gasteiger partial charge in [0.2, 0.25) is 5.91 Å². The van der Waals surface area contributed by atoms with Crippen LogP contribution in [0.2, 0.25) is 0 Å². The number of aromatic amines is 1. The third-order valence-electron chi connectivity index (χ3n) is 6.26. The smallest absolute Gasteiger partial charge is 0.408 e. The number of carbonyl (C=O) groups excluding carboxylic acids is 3. The molecule has 194 valence electrons. The van der Waals surface area contributed by atoms with Gasteiger partial charge in [0.1, 0.15) is 23.9 Å². The van der Waals surface area contributed by atoms with Crippen LogP contribution in [-0.2, 0) is 36.6 Å². The van der Waals surface area contributed by atoms with Crippen molar-refractivity contribution >= 4 is 24.0 Å². The average Bonchev–Trinajstić information content (AvgIpc) is 3.33. The molecular weight excluding hydrogens is 457 g/mol. The van der Waals surface area contributed by atoms with Gasteiger partial charge in [-0.25, -0.2) is 9.18 Å². The molecule has 0 radical (unpaired) electrons. The van der Waals surface area contributed by atoms with Crippen LogP contribution in [0.25, 0.3) is 6.08 Å². The molecule has 1 aliphatic carbocycles. The van der Waals surface area contributed by atoms with Crippen molar-refractivity contribution in [3.8, 4) is 0 Å². The molecule has 10 heteroatoms. The Kier molecular flexibility index (Phi) is 8.25. The highest BCUT2D eigenvalue weighted by molar-refractivity contribution is 5.87. The molecule has 1 fully saturated rings. The minimum Gasteiger partial charge on any atom is -0.460 e. The zero-order chi connectivity index (χ0) is 25.9. The van der Waals surface area contributed by atoms with E-state index < -0.39 is 48.1 Å². The number of methoxy groups -OCH3 is 1. The molecule has 0 bridgehead atoms. The van der Waals surface area contributed by atoms with E-state index in [0.717, 1.165) is 16.8 Å². The van der Waals surface area contributed by atoms with Crippen LogP contribution in [0.3, 0.4) is 0 Å². The lowest BCUT2D eigenvalue weighted by atomic mass is 9.95. The monoisotopic (exact) mass is 493 g/mol. The van der Waals surface area contributed by atoms with Crippen LogP contribution in [0.15, 0.2) is 12.3 Å². The van der Waals surface area contributed by atoms with E-state index in [-0.39, 0.29) is 12.3 Å². The van der Waals surface area contributed by atoms with Crippen molar-refractivity contribution in [3.05, 3.63) is 29.1 Å². The molecule has 5 atom stereocenters. The number of fused-ring (bicyclic) bond motifs is 1. The van der Waals surface area contributed by atoms with Gasteiger partial charge in [0, 0.05) is 45.3 Å². The number of nitrogens with zero attached hydrogens (tertiary/aromatic N) is 1. The fraction of sp³-hybridized carbons (Fsp3) is 0.640. The Labute approximate surface area is 205 Å². The number of halogens is 1. The van der Waals surface area contributed by atoms with Gasteiger partial charge in [-0.05, 0) is 51.3 Å². The molecule has 2 heterocycles. The number of alkyl carbamates (subject to hydrolysis) is 1. The first-order chi connectivity index (χ1) is 16.4. The fourth-order valence-corrected chi connectivity index (χ4v) is 4.58. The van der Waals surface area contributed by atoms with Gasteiger partial charge >= 0.3 is 12.1 Å². The number of ether oxygens (including phenoxy) is 3. The van der Waals surface area contributed by atoms with Crippen molar-refractivity contribution < 1.29 is 33.0 Å². The van der Waals surface area contributed by atoms with Crippen LogP contribution in [0, 0.1) is 0 Å². The highest BCUT2D eigenvalue weighted by Gasteiger charge is 2.43. The molecule has 2 amide bonds. The number of esters is 1. The summed E-state index contributed by atoms with van der Waals surface area (Å²) in [7, 11) is 1.46. The van der Waals surface area contributed by atoms with Gasteiger partial charge in [-0.3, -0.25) is 9.59 Å². The molecule has 0 aromatic carbocycles. The van der Waals surface area contributed by atoms with E-state index in [1.807, 2.05) is 6.20 Å². The number of allylic oxidation sites excluding steroid dienone is 1. The molecule has 1 aliphatic heterocycles. The number of likely N-dealkylation sites (tertiary alicyclic amines) is 1. The van der Waals surface area contributed by atoms with Gasteiger partial charge in [-0.1, -0.05) is 6.08 Å². The molecule has 0 spiro atoms. The van der Waals surface area contributed by atoms with Crippen molar-refractivity contribution in [2.24, 2.45) is 0 Å². The Morgan fingerprint density at radius 3 is 2.66 bits per heavy atom. The van der Waals surface area contributed by atoms with Crippen LogP contribution in [0.4, 0.5) is 9.18 Å². The SMILES string of the molecule is CO[C@H](C)[C@H](NC(=O)OC(C)(C)C)C(=O)N1CC[C@H](OC(C)=O)[C@H]1Cc1c[nH]c2c1C=CC(F)C2. The average molecular weight is 494 g/mol. The van der Waals surface area contributed by atoms with E-state index in [2.05, 4.69) is 10.3 Å². The predicted molar refractivity (Wildman–Crippen MR) is 127 cm³/mol. The molecule has 35 heavy (non-hydrogen) atoms. The van der Waals surface area contributed by atoms with Crippen molar-refractivity contribution in [3.63, 3.8) is 0 Å². The number of carbonyl (C=O) groups is 3. The summed E-state index contributed by atoms with van der Waals surface area (Å²) in [6, 6.07) is -1.46. The molecule has 2 aliphatic rings. The number of H-pyrrole nitrogens is 1. The van der Waals surface area contributed by atoms with Crippen molar-refractivity contribution in [1.82, 2.24) is 15.2 Å². The second kappa shape index (κ2) is 10.8. The van der Waals surface area contributed by atoms with E-state index in [0.29, 0.717) is 19.4 Å². The first kappa shape index (κ1) is 26.7. The molecule has 1 aromatic heterocycles. The van der Waals surface area contributed by atoms with E-state index >= 15 is 0 Å². The highest BCUT2D eigenvalue weighted by atomic mass is 19.1. The number of hydrogen-bond acceptors (Lipinski definition) is 6. The number of rotatable bonds is 7. The Morgan fingerprint density at radius 2 is 2.03 bits per heavy atom. The zero-order valence-electron chi connectivity index (χ0n) is 21.2. The minimum atomic E-state index is -1.04. The summed E-state index contributed by atoms with van der Waals surface area (Å²) in [5.41, 5.74) is 1.87. The molecule has 9 nitrogen and oxygen atoms in total. The van der Waals surface area contributed by atoms with E-state index in [1.165, 1.54) is 20.1 Å². The second-order valence-electron chi connectivity index (χ2n) is 10.1. The summed E-state index contributed by atoms with van der Waals surface area (Å²) in [4.78, 5) is 42.7. The molecule has 1 unspecified atom stereocenters. The maximum atomic E-state index is 13.8. The summed E-state index contributed by atoms with van der Waals surface area (Å²) in [5.74, 6) is -0.784. The number of amides is 2. The van der Waals surface area contributed by atoms with Gasteiger partial charge in [0.25, 0.3) is 0 Å². The maximum Gasteiger partial charge on any atom is 0.408 e. The van der Waals surface area contributed by atoms with Gasteiger partial charge in [0.05, 0.1) is 12.1 Å². The Bertz CT molecular complexity index is 969. The van der Waals surface area contributed by atoms with Crippen LogP contribution in [0.1, 0.15) is 57.9 Å². The van der Waals surface area contributed by atoms with Crippen LogP contribution in [-0.4, -0.2) is 77.6 Å². The second-order valence-corrected chi connectivity index (χ2v) is 10.1. The van der Waals surface area contributed by atoms with Crippen molar-refractivity contribution in [2.45, 2.75) is 89.9 Å². The van der Waals surface area contributed by atoms with Gasteiger partial charge in [-0.2, -0.15) is 0 Å². The Hall–Kier alpha value is -2.88. The summed E-state index contributed by atoms with van der Waals surface area (Å²) in [5, 5.41) is 2.65. The van der Waals surface area contributed by atoms with Crippen molar-refractivity contribution in [2.75, 3.05) is 13.7 Å². The standard InChI is InChI=1S/C25H36FN3O6/c1-14(33-6)22(28-24(32)35-25(3,4)5)23(31)29-10-9-21(34-15(2)30)20(29)11-16-13-27-19-12-17(26)7-8-18(16)19/h7-8,13-14,17,20-22,27H,9-12H2,1-6H3,(H,28,32)/t14-,17?,20-,21+,22+/m1/s1. The quantitative estimate of drug-likeness (QED) is 0.566. The number of aromatic nitrogens is 1. The zero-order valence-corrected chi connectivity index (χ0v) is 21.2. The summed E-state index contributed by atoms with van der Waals surface area (Å²) < 4.78 is 30.1. The molecule has 1 saturated heterocycles. The molecule has 1 aromatic rings. The third kappa shape index (κ3) is 6.62. The number of alkyl halides is 1. The van der Waals surface area contributed by atoms with Gasteiger partial charge < -0.3 is 29.4 Å². The van der Waals surface area contributed by atoms with E-state index in [9.17, 15) is 18.8 Å². The van der Waals surface area contributed by atoms with Crippen LogP contribution >= 0.6 is 0 Å². The molecule has 2 N–H and O–H groups in total. The highest BCUT2D eigenvalue weighted by Crippen LogP contribution is 2.30. The van der Waals surface area contributed by atoms with Crippen LogP contribution < -0.4 is 5.32 Å². The van der Waals surface area contributed by atoms with E-state index in [1.54, 1.807) is 38.7 Å². The number of hydrogen-bond donors (Lipinski definition) is 2. The largest absolute Gasteiger partial charge is 0.460 e. The maximum absolute atomic E-state index is 13.8. The lowest BCUT2D eigenvalue weighted by Gasteiger charge is -2.33. The van der Waals surface area contributed by atoms with Gasteiger partial charge in [-0.15, -0.1) is 0 Å². The Balaban J connectivity index is 1.85. The fourth-order valence-electron chi connectivity index (χ4n) is 4.58. The molecule has 3 rings (SSSR count). The summed E-state index contributed by atoms with van der Waals surface area (Å²) >= 11 is 0. The lowest BCUT2D eigenvalue weighted by Crippen LogP contribution is -2.57. The normalized spacial score (nSPS) is 23.4. The van der Waals surface area contributed by atoms with Crippen molar-refractivity contribution in [1.29, 1.82) is 0 Å². The molecule has 0 saturated carbocycles. The summed E-state index contributed by atoms with van der Waals surface area (Å²) in [6.07, 6.45) is 3.30. The summed E-state index contributed by atoms with van der Waals surface area (Å²) in [6.45, 7) is 8.58. The van der Waals surface area contributed by atoms with Crippen LogP contribution in [0.5, 0.6) is 0 Å². The minimum absolute atomic E-state index is 0.264. The predicted octanol–water partition coefficient (Wildman–Crippen LogP) is 2.93. The Morgan fingerprint density at radius 1 is 1.31 bits per heavy atom. The lowest BCUT2D eigenvalue weighted by molar-refractivity contribution is -0.150. The first-order valence-electron chi connectivity index (χ1n) is 11.9. The number of nitrogens with one attached hydrogen (secondary N) is 2.